The lowest BCUT2D eigenvalue weighted by Crippen LogP contribution is -2.15. The third-order valence-electron chi connectivity index (χ3n) is 1.91. The first-order valence-electron chi connectivity index (χ1n) is 5.48. The van der Waals surface area contributed by atoms with E-state index in [0.29, 0.717) is 12.3 Å². The van der Waals surface area contributed by atoms with Crippen LogP contribution in [-0.4, -0.2) is 23.8 Å². The maximum absolute atomic E-state index is 11.1. The Morgan fingerprint density at radius 1 is 1.41 bits per heavy atom. The van der Waals surface area contributed by atoms with Crippen molar-refractivity contribution in [3.63, 3.8) is 0 Å². The molecule has 0 aliphatic rings. The second-order valence-electron chi connectivity index (χ2n) is 3.59. The molecule has 1 aromatic rings. The summed E-state index contributed by atoms with van der Waals surface area (Å²) in [4.78, 5) is 15.9. The molecule has 5 heteroatoms. The standard InChI is InChI=1S/C12H17NO4/c1-3-16-11-6-4-10(5-7-11)13-17-12(15)8-9(2)14/h4-7,9,13-14H,3,8H2,1-2H3. The van der Waals surface area contributed by atoms with E-state index in [1.807, 2.05) is 6.92 Å². The molecule has 1 unspecified atom stereocenters. The van der Waals surface area contributed by atoms with Gasteiger partial charge in [0, 0.05) is 0 Å². The van der Waals surface area contributed by atoms with Crippen molar-refractivity contribution in [2.24, 2.45) is 0 Å². The Morgan fingerprint density at radius 2 is 2.06 bits per heavy atom. The average Bonchev–Trinajstić information content (AvgIpc) is 2.28. The molecule has 94 valence electrons. The Kier molecular flexibility index (Phi) is 5.29. The number of anilines is 1. The molecule has 0 aliphatic heterocycles. The number of hydrogen-bond donors (Lipinski definition) is 2. The van der Waals surface area contributed by atoms with E-state index in [0.717, 1.165) is 5.75 Å². The van der Waals surface area contributed by atoms with E-state index in [2.05, 4.69) is 5.48 Å². The molecule has 5 nitrogen and oxygen atoms in total. The lowest BCUT2D eigenvalue weighted by Gasteiger charge is -2.08. The van der Waals surface area contributed by atoms with E-state index >= 15 is 0 Å². The summed E-state index contributed by atoms with van der Waals surface area (Å²) in [7, 11) is 0. The summed E-state index contributed by atoms with van der Waals surface area (Å²) in [5.74, 6) is 0.252. The number of carbonyl (C=O) groups excluding carboxylic acids is 1. The van der Waals surface area contributed by atoms with Crippen LogP contribution in [0.25, 0.3) is 0 Å². The predicted molar refractivity (Wildman–Crippen MR) is 63.6 cm³/mol. The second kappa shape index (κ2) is 6.75. The van der Waals surface area contributed by atoms with Gasteiger partial charge in [-0.2, -0.15) is 0 Å². The molecular formula is C12H17NO4. The van der Waals surface area contributed by atoms with Crippen LogP contribution in [0.2, 0.25) is 0 Å². The smallest absolute Gasteiger partial charge is 0.334 e. The van der Waals surface area contributed by atoms with Gasteiger partial charge in [0.05, 0.1) is 24.8 Å². The molecule has 0 aliphatic carbocycles. The largest absolute Gasteiger partial charge is 0.494 e. The first-order valence-corrected chi connectivity index (χ1v) is 5.48. The minimum absolute atomic E-state index is 0.0377. The van der Waals surface area contributed by atoms with Crippen LogP contribution in [0.1, 0.15) is 20.3 Å². The summed E-state index contributed by atoms with van der Waals surface area (Å²) in [5, 5.41) is 8.97. The minimum atomic E-state index is -0.704. The topological polar surface area (TPSA) is 67.8 Å². The van der Waals surface area contributed by atoms with E-state index in [9.17, 15) is 4.79 Å². The minimum Gasteiger partial charge on any atom is -0.494 e. The zero-order valence-corrected chi connectivity index (χ0v) is 9.97. The first-order chi connectivity index (χ1) is 8.11. The van der Waals surface area contributed by atoms with Gasteiger partial charge in [-0.3, -0.25) is 0 Å². The number of aliphatic hydroxyl groups is 1. The Bertz CT molecular complexity index is 348. The highest BCUT2D eigenvalue weighted by atomic mass is 16.7. The van der Waals surface area contributed by atoms with Crippen molar-refractivity contribution < 1.29 is 19.5 Å². The predicted octanol–water partition coefficient (Wildman–Crippen LogP) is 1.73. The van der Waals surface area contributed by atoms with Crippen molar-refractivity contribution in [2.75, 3.05) is 12.1 Å². The molecule has 1 rings (SSSR count). The van der Waals surface area contributed by atoms with Crippen LogP contribution in [0, 0.1) is 0 Å². The van der Waals surface area contributed by atoms with Gasteiger partial charge in [-0.15, -0.1) is 0 Å². The normalized spacial score (nSPS) is 11.7. The van der Waals surface area contributed by atoms with Gasteiger partial charge in [0.2, 0.25) is 0 Å². The van der Waals surface area contributed by atoms with Crippen molar-refractivity contribution in [3.8, 4) is 5.75 Å². The fraction of sp³-hybridized carbons (Fsp3) is 0.417. The summed E-state index contributed by atoms with van der Waals surface area (Å²) in [6.45, 7) is 4.04. The lowest BCUT2D eigenvalue weighted by molar-refractivity contribution is -0.142. The molecule has 0 fully saturated rings. The monoisotopic (exact) mass is 239 g/mol. The third kappa shape index (κ3) is 5.21. The van der Waals surface area contributed by atoms with Crippen LogP contribution in [0.3, 0.4) is 0 Å². The van der Waals surface area contributed by atoms with Crippen molar-refractivity contribution >= 4 is 11.7 Å². The number of rotatable bonds is 6. The fourth-order valence-electron chi connectivity index (χ4n) is 1.18. The first kappa shape index (κ1) is 13.3. The molecule has 0 radical (unpaired) electrons. The maximum atomic E-state index is 11.1. The van der Waals surface area contributed by atoms with Crippen LogP contribution >= 0.6 is 0 Å². The Morgan fingerprint density at radius 3 is 2.59 bits per heavy atom. The highest BCUT2D eigenvalue weighted by Gasteiger charge is 2.07. The molecule has 1 atom stereocenters. The second-order valence-corrected chi connectivity index (χ2v) is 3.59. The Balaban J connectivity index is 2.39. The summed E-state index contributed by atoms with van der Waals surface area (Å²) in [6.07, 6.45) is -0.742. The highest BCUT2D eigenvalue weighted by Crippen LogP contribution is 2.15. The molecule has 0 amide bonds. The lowest BCUT2D eigenvalue weighted by atomic mass is 10.3. The summed E-state index contributed by atoms with van der Waals surface area (Å²) in [6, 6.07) is 7.02. The molecule has 1 aromatic carbocycles. The zero-order valence-electron chi connectivity index (χ0n) is 9.97. The van der Waals surface area contributed by atoms with Gasteiger partial charge in [0.15, 0.2) is 0 Å². The van der Waals surface area contributed by atoms with E-state index in [4.69, 9.17) is 14.7 Å². The fourth-order valence-corrected chi connectivity index (χ4v) is 1.18. The van der Waals surface area contributed by atoms with Gasteiger partial charge >= 0.3 is 5.97 Å². The molecule has 0 aromatic heterocycles. The number of carbonyl (C=O) groups is 1. The molecule has 0 spiro atoms. The number of aliphatic hydroxyl groups excluding tert-OH is 1. The molecule has 17 heavy (non-hydrogen) atoms. The highest BCUT2D eigenvalue weighted by molar-refractivity contribution is 5.71. The van der Waals surface area contributed by atoms with Gasteiger partial charge in [0.1, 0.15) is 5.75 Å². The van der Waals surface area contributed by atoms with Crippen LogP contribution in [0.5, 0.6) is 5.75 Å². The number of ether oxygens (including phenoxy) is 1. The van der Waals surface area contributed by atoms with Gasteiger partial charge in [0.25, 0.3) is 0 Å². The van der Waals surface area contributed by atoms with Crippen LogP contribution in [-0.2, 0) is 9.63 Å². The van der Waals surface area contributed by atoms with E-state index in [1.54, 1.807) is 24.3 Å². The van der Waals surface area contributed by atoms with Crippen LogP contribution in [0.15, 0.2) is 24.3 Å². The van der Waals surface area contributed by atoms with Gasteiger partial charge in [-0.1, -0.05) is 0 Å². The SMILES string of the molecule is CCOc1ccc(NOC(=O)CC(C)O)cc1. The maximum Gasteiger partial charge on any atom is 0.334 e. The third-order valence-corrected chi connectivity index (χ3v) is 1.91. The number of hydrogen-bond acceptors (Lipinski definition) is 5. The quantitative estimate of drug-likeness (QED) is 0.740. The zero-order chi connectivity index (χ0) is 12.7. The molecule has 0 saturated carbocycles. The number of benzene rings is 1. The Hall–Kier alpha value is -1.75. The average molecular weight is 239 g/mol. The van der Waals surface area contributed by atoms with Crippen LogP contribution < -0.4 is 10.2 Å². The van der Waals surface area contributed by atoms with Crippen molar-refractivity contribution in [3.05, 3.63) is 24.3 Å². The molecule has 0 bridgehead atoms. The molecular weight excluding hydrogens is 222 g/mol. The molecule has 2 N–H and O–H groups in total. The van der Waals surface area contributed by atoms with Gasteiger partial charge in [-0.05, 0) is 38.1 Å². The van der Waals surface area contributed by atoms with E-state index in [-0.39, 0.29) is 6.42 Å². The summed E-state index contributed by atoms with van der Waals surface area (Å²) in [5.41, 5.74) is 3.15. The van der Waals surface area contributed by atoms with Crippen molar-refractivity contribution in [1.82, 2.24) is 0 Å². The van der Waals surface area contributed by atoms with Gasteiger partial charge in [-0.25, -0.2) is 10.3 Å². The molecule has 0 heterocycles. The van der Waals surface area contributed by atoms with Crippen molar-refractivity contribution in [2.45, 2.75) is 26.4 Å². The summed E-state index contributed by atoms with van der Waals surface area (Å²) >= 11 is 0. The van der Waals surface area contributed by atoms with Crippen LogP contribution in [0.4, 0.5) is 5.69 Å². The van der Waals surface area contributed by atoms with E-state index < -0.39 is 12.1 Å². The Labute approximate surface area is 100 Å². The van der Waals surface area contributed by atoms with Crippen molar-refractivity contribution in [1.29, 1.82) is 0 Å². The summed E-state index contributed by atoms with van der Waals surface area (Å²) < 4.78 is 5.27. The number of nitrogens with one attached hydrogen (secondary N) is 1. The van der Waals surface area contributed by atoms with E-state index in [1.165, 1.54) is 6.92 Å². The molecule has 0 saturated heterocycles. The van der Waals surface area contributed by atoms with Gasteiger partial charge < -0.3 is 14.7 Å².